The lowest BCUT2D eigenvalue weighted by Gasteiger charge is -2.34. The molecule has 6 nitrogen and oxygen atoms in total. The number of amides is 1. The first-order valence-electron chi connectivity index (χ1n) is 11.0. The lowest BCUT2D eigenvalue weighted by Crippen LogP contribution is -2.45. The van der Waals surface area contributed by atoms with Gasteiger partial charge in [-0.15, -0.1) is 0 Å². The molecule has 2 aromatic carbocycles. The second kappa shape index (κ2) is 9.04. The molecule has 6 heteroatoms. The summed E-state index contributed by atoms with van der Waals surface area (Å²) in [6, 6.07) is 18.9. The van der Waals surface area contributed by atoms with Crippen LogP contribution >= 0.6 is 0 Å². The van der Waals surface area contributed by atoms with Crippen LogP contribution in [-0.2, 0) is 26.1 Å². The SMILES string of the molecule is O=C(c1coc(CN2CCN(Cc3ccccc3)CC2)n1)N1CCc2ccccc2C1. The molecule has 0 N–H and O–H groups in total. The highest BCUT2D eigenvalue weighted by Crippen LogP contribution is 2.20. The zero-order valence-electron chi connectivity index (χ0n) is 17.7. The van der Waals surface area contributed by atoms with Crippen LogP contribution in [0.1, 0.15) is 33.1 Å². The number of rotatable bonds is 5. The maximum atomic E-state index is 12.9. The van der Waals surface area contributed by atoms with E-state index in [2.05, 4.69) is 63.3 Å². The van der Waals surface area contributed by atoms with Crippen molar-refractivity contribution in [3.8, 4) is 0 Å². The summed E-state index contributed by atoms with van der Waals surface area (Å²) in [7, 11) is 0. The largest absolute Gasteiger partial charge is 0.447 e. The predicted octanol–water partition coefficient (Wildman–Crippen LogP) is 3.19. The van der Waals surface area contributed by atoms with E-state index in [1.54, 1.807) is 0 Å². The number of hydrogen-bond donors (Lipinski definition) is 0. The van der Waals surface area contributed by atoms with Gasteiger partial charge in [-0.05, 0) is 23.1 Å². The Hall–Kier alpha value is -2.96. The number of piperazine rings is 1. The van der Waals surface area contributed by atoms with Crippen LogP contribution in [0.3, 0.4) is 0 Å². The number of benzene rings is 2. The lowest BCUT2D eigenvalue weighted by molar-refractivity contribution is 0.0728. The van der Waals surface area contributed by atoms with Gasteiger partial charge in [-0.3, -0.25) is 14.6 Å². The Kier molecular flexibility index (Phi) is 5.82. The number of carbonyl (C=O) groups excluding carboxylic acids is 1. The van der Waals surface area contributed by atoms with Gasteiger partial charge < -0.3 is 9.32 Å². The summed E-state index contributed by atoms with van der Waals surface area (Å²) in [4.78, 5) is 24.1. The molecule has 2 aliphatic rings. The van der Waals surface area contributed by atoms with Gasteiger partial charge in [0.25, 0.3) is 5.91 Å². The van der Waals surface area contributed by atoms with Crippen LogP contribution in [0.15, 0.2) is 65.3 Å². The Balaban J connectivity index is 1.13. The van der Waals surface area contributed by atoms with Gasteiger partial charge in [0, 0.05) is 45.8 Å². The van der Waals surface area contributed by atoms with E-state index in [0.29, 0.717) is 24.7 Å². The van der Waals surface area contributed by atoms with E-state index in [-0.39, 0.29) is 5.91 Å². The highest BCUT2D eigenvalue weighted by molar-refractivity contribution is 5.92. The molecule has 3 heterocycles. The summed E-state index contributed by atoms with van der Waals surface area (Å²) >= 11 is 0. The highest BCUT2D eigenvalue weighted by atomic mass is 16.3. The molecule has 3 aromatic rings. The molecule has 0 aliphatic carbocycles. The van der Waals surface area contributed by atoms with Crippen LogP contribution in [-0.4, -0.2) is 58.3 Å². The van der Waals surface area contributed by atoms with Crippen LogP contribution in [0, 0.1) is 0 Å². The summed E-state index contributed by atoms with van der Waals surface area (Å²) in [5, 5.41) is 0. The van der Waals surface area contributed by atoms with Crippen molar-refractivity contribution in [3.63, 3.8) is 0 Å². The molecule has 1 aromatic heterocycles. The van der Waals surface area contributed by atoms with Crippen LogP contribution in [0.2, 0.25) is 0 Å². The van der Waals surface area contributed by atoms with E-state index < -0.39 is 0 Å². The molecule has 31 heavy (non-hydrogen) atoms. The standard InChI is InChI=1S/C25H28N4O2/c30-25(29-11-10-21-8-4-5-9-22(21)17-29)23-19-31-24(26-23)18-28-14-12-27(13-15-28)16-20-6-2-1-3-7-20/h1-9,19H,10-18H2. The van der Waals surface area contributed by atoms with Crippen molar-refractivity contribution in [2.45, 2.75) is 26.1 Å². The Labute approximate surface area is 183 Å². The van der Waals surface area contributed by atoms with Crippen molar-refractivity contribution in [3.05, 3.63) is 89.1 Å². The molecule has 0 saturated carbocycles. The third kappa shape index (κ3) is 4.70. The van der Waals surface area contributed by atoms with Gasteiger partial charge in [0.1, 0.15) is 6.26 Å². The molecule has 1 amide bonds. The fraction of sp³-hybridized carbons (Fsp3) is 0.360. The molecule has 0 unspecified atom stereocenters. The zero-order chi connectivity index (χ0) is 21.0. The van der Waals surface area contributed by atoms with E-state index in [4.69, 9.17) is 4.42 Å². The maximum absolute atomic E-state index is 12.9. The van der Waals surface area contributed by atoms with Crippen molar-refractivity contribution in [2.24, 2.45) is 0 Å². The summed E-state index contributed by atoms with van der Waals surface area (Å²) < 4.78 is 5.66. The van der Waals surface area contributed by atoms with Crippen LogP contribution in [0.4, 0.5) is 0 Å². The van der Waals surface area contributed by atoms with Crippen LogP contribution < -0.4 is 0 Å². The Morgan fingerprint density at radius 1 is 0.839 bits per heavy atom. The minimum absolute atomic E-state index is 0.0443. The van der Waals surface area contributed by atoms with E-state index in [1.807, 2.05) is 11.0 Å². The van der Waals surface area contributed by atoms with Gasteiger partial charge in [-0.25, -0.2) is 4.98 Å². The quantitative estimate of drug-likeness (QED) is 0.639. The molecule has 1 fully saturated rings. The number of fused-ring (bicyclic) bond motifs is 1. The second-order valence-corrected chi connectivity index (χ2v) is 8.41. The van der Waals surface area contributed by atoms with Gasteiger partial charge in [-0.1, -0.05) is 54.6 Å². The third-order valence-corrected chi connectivity index (χ3v) is 6.26. The van der Waals surface area contributed by atoms with Crippen molar-refractivity contribution >= 4 is 5.91 Å². The second-order valence-electron chi connectivity index (χ2n) is 8.41. The Morgan fingerprint density at radius 2 is 1.52 bits per heavy atom. The summed E-state index contributed by atoms with van der Waals surface area (Å²) in [5.74, 6) is 0.578. The number of oxazole rings is 1. The van der Waals surface area contributed by atoms with Crippen molar-refractivity contribution in [1.29, 1.82) is 0 Å². The summed E-state index contributed by atoms with van der Waals surface area (Å²) in [6.45, 7) is 6.99. The first-order chi connectivity index (χ1) is 15.2. The van der Waals surface area contributed by atoms with E-state index in [1.165, 1.54) is 23.0 Å². The number of hydrogen-bond acceptors (Lipinski definition) is 5. The van der Waals surface area contributed by atoms with Gasteiger partial charge in [-0.2, -0.15) is 0 Å². The normalized spacial score (nSPS) is 17.5. The Morgan fingerprint density at radius 3 is 2.29 bits per heavy atom. The molecule has 1 saturated heterocycles. The van der Waals surface area contributed by atoms with Crippen molar-refractivity contribution in [2.75, 3.05) is 32.7 Å². The molecule has 5 rings (SSSR count). The minimum Gasteiger partial charge on any atom is -0.447 e. The van der Waals surface area contributed by atoms with Crippen molar-refractivity contribution < 1.29 is 9.21 Å². The minimum atomic E-state index is -0.0443. The zero-order valence-corrected chi connectivity index (χ0v) is 17.7. The molecule has 2 aliphatic heterocycles. The molecule has 0 radical (unpaired) electrons. The lowest BCUT2D eigenvalue weighted by atomic mass is 10.00. The summed E-state index contributed by atoms with van der Waals surface area (Å²) in [5.41, 5.74) is 4.32. The highest BCUT2D eigenvalue weighted by Gasteiger charge is 2.25. The first kappa shape index (κ1) is 20.0. The fourth-order valence-corrected chi connectivity index (χ4v) is 4.45. The first-order valence-corrected chi connectivity index (χ1v) is 11.0. The van der Waals surface area contributed by atoms with Crippen LogP contribution in [0.25, 0.3) is 0 Å². The van der Waals surface area contributed by atoms with Gasteiger partial charge in [0.05, 0.1) is 6.54 Å². The van der Waals surface area contributed by atoms with E-state index >= 15 is 0 Å². The average molecular weight is 417 g/mol. The smallest absolute Gasteiger partial charge is 0.276 e. The average Bonchev–Trinajstić information content (AvgIpc) is 3.29. The molecule has 0 spiro atoms. The summed E-state index contributed by atoms with van der Waals surface area (Å²) in [6.07, 6.45) is 2.41. The molecule has 0 atom stereocenters. The molecular formula is C25H28N4O2. The third-order valence-electron chi connectivity index (χ3n) is 6.26. The van der Waals surface area contributed by atoms with Crippen LogP contribution in [0.5, 0.6) is 0 Å². The number of carbonyl (C=O) groups is 1. The number of nitrogens with zero attached hydrogens (tertiary/aromatic N) is 4. The molecule has 0 bridgehead atoms. The Bertz CT molecular complexity index is 1020. The maximum Gasteiger partial charge on any atom is 0.276 e. The molecular weight excluding hydrogens is 388 g/mol. The monoisotopic (exact) mass is 416 g/mol. The molecule has 160 valence electrons. The van der Waals surface area contributed by atoms with Gasteiger partial charge in [0.2, 0.25) is 5.89 Å². The van der Waals surface area contributed by atoms with Gasteiger partial charge in [0.15, 0.2) is 5.69 Å². The van der Waals surface area contributed by atoms with E-state index in [9.17, 15) is 4.79 Å². The number of aromatic nitrogens is 1. The topological polar surface area (TPSA) is 52.8 Å². The van der Waals surface area contributed by atoms with Gasteiger partial charge >= 0.3 is 0 Å². The predicted molar refractivity (Wildman–Crippen MR) is 118 cm³/mol. The van der Waals surface area contributed by atoms with Crippen molar-refractivity contribution in [1.82, 2.24) is 19.7 Å². The fourth-order valence-electron chi connectivity index (χ4n) is 4.45. The van der Waals surface area contributed by atoms with E-state index in [0.717, 1.165) is 45.7 Å².